The van der Waals surface area contributed by atoms with Gasteiger partial charge >= 0.3 is 0 Å². The lowest BCUT2D eigenvalue weighted by molar-refractivity contribution is -0.384. The van der Waals surface area contributed by atoms with Gasteiger partial charge in [0.15, 0.2) is 0 Å². The topological polar surface area (TPSA) is 115 Å². The summed E-state index contributed by atoms with van der Waals surface area (Å²) in [5.41, 5.74) is 2.22. The first-order valence-corrected chi connectivity index (χ1v) is 9.44. The number of anilines is 2. The van der Waals surface area contributed by atoms with Crippen LogP contribution in [0.4, 0.5) is 17.1 Å². The summed E-state index contributed by atoms with van der Waals surface area (Å²) in [6.45, 7) is 2.74. The van der Waals surface area contributed by atoms with Crippen molar-refractivity contribution >= 4 is 23.0 Å². The van der Waals surface area contributed by atoms with Gasteiger partial charge in [-0.05, 0) is 17.7 Å². The van der Waals surface area contributed by atoms with E-state index in [0.29, 0.717) is 44.2 Å². The molecule has 1 N–H and O–H groups in total. The number of non-ortho nitro benzene ring substituents is 1. The molecule has 1 aliphatic heterocycles. The number of hydrogen-bond donors (Lipinski definition) is 1. The molecule has 10 heteroatoms. The van der Waals surface area contributed by atoms with E-state index in [2.05, 4.69) is 15.4 Å². The minimum absolute atomic E-state index is 0.131. The summed E-state index contributed by atoms with van der Waals surface area (Å²) in [7, 11) is 0. The number of ether oxygens (including phenoxy) is 1. The second-order valence-electron chi connectivity index (χ2n) is 6.76. The number of hydrogen-bond acceptors (Lipinski definition) is 7. The van der Waals surface area contributed by atoms with Crippen LogP contribution in [0, 0.1) is 10.1 Å². The van der Waals surface area contributed by atoms with Crippen molar-refractivity contribution in [1.82, 2.24) is 14.8 Å². The van der Waals surface area contributed by atoms with Crippen molar-refractivity contribution in [3.63, 3.8) is 0 Å². The number of amides is 1. The molecule has 2 aromatic carbocycles. The van der Waals surface area contributed by atoms with Gasteiger partial charge in [0.1, 0.15) is 12.7 Å². The van der Waals surface area contributed by atoms with Crippen molar-refractivity contribution in [3.05, 3.63) is 76.4 Å². The van der Waals surface area contributed by atoms with Crippen LogP contribution in [0.2, 0.25) is 0 Å². The Morgan fingerprint density at radius 1 is 1.20 bits per heavy atom. The molecule has 0 atom stereocenters. The number of nitrogens with one attached hydrogen (secondary N) is 1. The molecule has 3 aromatic rings. The van der Waals surface area contributed by atoms with E-state index in [9.17, 15) is 14.9 Å². The number of carbonyl (C=O) groups is 1. The molecule has 2 heterocycles. The summed E-state index contributed by atoms with van der Waals surface area (Å²) in [5.74, 6) is -0.411. The molecule has 4 rings (SSSR count). The van der Waals surface area contributed by atoms with Gasteiger partial charge in [-0.15, -0.1) is 0 Å². The zero-order valence-electron chi connectivity index (χ0n) is 16.1. The van der Waals surface area contributed by atoms with E-state index in [-0.39, 0.29) is 11.3 Å². The van der Waals surface area contributed by atoms with Gasteiger partial charge in [-0.25, -0.2) is 9.67 Å². The van der Waals surface area contributed by atoms with Gasteiger partial charge in [0.25, 0.3) is 11.6 Å². The largest absolute Gasteiger partial charge is 0.378 e. The normalized spacial score (nSPS) is 13.8. The molecule has 0 aliphatic carbocycles. The van der Waals surface area contributed by atoms with Gasteiger partial charge in [-0.2, -0.15) is 5.10 Å². The molecular weight excluding hydrogens is 388 g/mol. The average molecular weight is 408 g/mol. The number of carbonyl (C=O) groups excluding carboxylic acids is 1. The Labute approximate surface area is 172 Å². The Morgan fingerprint density at radius 3 is 2.73 bits per heavy atom. The van der Waals surface area contributed by atoms with E-state index in [1.807, 2.05) is 23.1 Å². The van der Waals surface area contributed by atoms with Crippen LogP contribution >= 0.6 is 0 Å². The first-order valence-electron chi connectivity index (χ1n) is 9.44. The highest BCUT2D eigenvalue weighted by Crippen LogP contribution is 2.28. The Balaban J connectivity index is 1.64. The first-order chi connectivity index (χ1) is 14.6. The fourth-order valence-corrected chi connectivity index (χ4v) is 3.36. The number of para-hydroxylation sites is 1. The zero-order valence-corrected chi connectivity index (χ0v) is 16.1. The standard InChI is InChI=1S/C20H20N6O4/c27-20(23-18-4-2-1-3-15(18)12-25-14-21-13-22-25)17-11-16(26(28)29)5-6-19(17)24-7-9-30-10-8-24/h1-6,11,13-14H,7-10,12H2,(H,23,27). The molecule has 1 saturated heterocycles. The van der Waals surface area contributed by atoms with Crippen LogP contribution in [-0.2, 0) is 11.3 Å². The molecule has 1 fully saturated rings. The molecule has 1 amide bonds. The summed E-state index contributed by atoms with van der Waals surface area (Å²) in [6.07, 6.45) is 3.04. The highest BCUT2D eigenvalue weighted by atomic mass is 16.6. The molecule has 1 aliphatic rings. The first kappa shape index (κ1) is 19.5. The summed E-state index contributed by atoms with van der Waals surface area (Å²) in [4.78, 5) is 29.9. The average Bonchev–Trinajstić information content (AvgIpc) is 3.28. The van der Waals surface area contributed by atoms with Gasteiger partial charge in [0.2, 0.25) is 0 Å². The molecule has 0 bridgehead atoms. The molecule has 30 heavy (non-hydrogen) atoms. The number of aromatic nitrogens is 3. The van der Waals surface area contributed by atoms with Gasteiger partial charge in [0.05, 0.1) is 35.9 Å². The maximum Gasteiger partial charge on any atom is 0.270 e. The van der Waals surface area contributed by atoms with E-state index in [1.54, 1.807) is 23.1 Å². The molecule has 154 valence electrons. The van der Waals surface area contributed by atoms with Crippen LogP contribution in [0.1, 0.15) is 15.9 Å². The Bertz CT molecular complexity index is 1050. The third-order valence-electron chi connectivity index (χ3n) is 4.85. The van der Waals surface area contributed by atoms with E-state index in [1.165, 1.54) is 18.5 Å². The van der Waals surface area contributed by atoms with Crippen LogP contribution in [0.5, 0.6) is 0 Å². The van der Waals surface area contributed by atoms with E-state index in [4.69, 9.17) is 4.74 Å². The third kappa shape index (κ3) is 4.28. The van der Waals surface area contributed by atoms with Crippen LogP contribution in [0.25, 0.3) is 0 Å². The summed E-state index contributed by atoms with van der Waals surface area (Å²) < 4.78 is 7.03. The van der Waals surface area contributed by atoms with Gasteiger partial charge in [0, 0.05) is 30.9 Å². The van der Waals surface area contributed by atoms with Crippen molar-refractivity contribution in [1.29, 1.82) is 0 Å². The molecule has 0 spiro atoms. The van der Waals surface area contributed by atoms with Crippen LogP contribution in [0.3, 0.4) is 0 Å². The summed E-state index contributed by atoms with van der Waals surface area (Å²) in [6, 6.07) is 11.7. The van der Waals surface area contributed by atoms with Gasteiger partial charge < -0.3 is 15.0 Å². The second kappa shape index (κ2) is 8.70. The predicted octanol–water partition coefficient (Wildman–Crippen LogP) is 2.32. The Hall–Kier alpha value is -3.79. The number of rotatable bonds is 6. The van der Waals surface area contributed by atoms with E-state index in [0.717, 1.165) is 5.56 Å². The maximum atomic E-state index is 13.2. The number of nitro groups is 1. The number of morpholine rings is 1. The zero-order chi connectivity index (χ0) is 20.9. The Morgan fingerprint density at radius 2 is 2.00 bits per heavy atom. The number of nitrogens with zero attached hydrogens (tertiary/aromatic N) is 5. The van der Waals surface area contributed by atoms with Gasteiger partial charge in [-0.1, -0.05) is 18.2 Å². The van der Waals surface area contributed by atoms with E-state index >= 15 is 0 Å². The van der Waals surface area contributed by atoms with Crippen LogP contribution in [-0.4, -0.2) is 51.9 Å². The quantitative estimate of drug-likeness (QED) is 0.491. The fraction of sp³-hybridized carbons (Fsp3) is 0.250. The minimum Gasteiger partial charge on any atom is -0.378 e. The number of nitro benzene ring substituents is 1. The van der Waals surface area contributed by atoms with Gasteiger partial charge in [-0.3, -0.25) is 14.9 Å². The highest BCUT2D eigenvalue weighted by Gasteiger charge is 2.22. The van der Waals surface area contributed by atoms with Crippen molar-refractivity contribution in [3.8, 4) is 0 Å². The molecule has 0 saturated carbocycles. The molecular formula is C20H20N6O4. The monoisotopic (exact) mass is 408 g/mol. The van der Waals surface area contributed by atoms with Crippen molar-refractivity contribution in [2.24, 2.45) is 0 Å². The third-order valence-corrected chi connectivity index (χ3v) is 4.85. The van der Waals surface area contributed by atoms with Crippen LogP contribution < -0.4 is 10.2 Å². The summed E-state index contributed by atoms with van der Waals surface area (Å²) in [5, 5.41) is 18.3. The highest BCUT2D eigenvalue weighted by molar-refractivity contribution is 6.09. The lowest BCUT2D eigenvalue weighted by Gasteiger charge is -2.30. The lowest BCUT2D eigenvalue weighted by Crippen LogP contribution is -2.37. The van der Waals surface area contributed by atoms with Crippen molar-refractivity contribution in [2.75, 3.05) is 36.5 Å². The molecule has 10 nitrogen and oxygen atoms in total. The fourth-order valence-electron chi connectivity index (χ4n) is 3.36. The molecule has 0 unspecified atom stereocenters. The minimum atomic E-state index is -0.501. The SMILES string of the molecule is O=C(Nc1ccccc1Cn1cncn1)c1cc([N+](=O)[O-])ccc1N1CCOCC1. The second-order valence-corrected chi connectivity index (χ2v) is 6.76. The van der Waals surface area contributed by atoms with Crippen LogP contribution in [0.15, 0.2) is 55.1 Å². The molecule has 0 radical (unpaired) electrons. The lowest BCUT2D eigenvalue weighted by atomic mass is 10.1. The van der Waals surface area contributed by atoms with Crippen molar-refractivity contribution in [2.45, 2.75) is 6.54 Å². The number of benzene rings is 2. The Kier molecular flexibility index (Phi) is 5.66. The predicted molar refractivity (Wildman–Crippen MR) is 110 cm³/mol. The van der Waals surface area contributed by atoms with Crippen molar-refractivity contribution < 1.29 is 14.5 Å². The van der Waals surface area contributed by atoms with E-state index < -0.39 is 10.8 Å². The smallest absolute Gasteiger partial charge is 0.270 e. The maximum absolute atomic E-state index is 13.2. The molecule has 1 aromatic heterocycles. The summed E-state index contributed by atoms with van der Waals surface area (Å²) >= 11 is 0.